The Balaban J connectivity index is -0.000000186. The predicted molar refractivity (Wildman–Crippen MR) is 79.0 cm³/mol. The van der Waals surface area contributed by atoms with Gasteiger partial charge in [-0.05, 0) is 24.0 Å². The molecule has 1 aromatic rings. The van der Waals surface area contributed by atoms with Crippen LogP contribution in [-0.4, -0.2) is 17.4 Å². The molecule has 2 nitrogen and oxygen atoms in total. The van der Waals surface area contributed by atoms with Gasteiger partial charge in [-0.1, -0.05) is 38.7 Å². The molecule has 0 aliphatic rings. The summed E-state index contributed by atoms with van der Waals surface area (Å²) < 4.78 is 9.50. The fraction of sp³-hybridized carbons (Fsp3) is 0.308. The van der Waals surface area contributed by atoms with Crippen LogP contribution < -0.4 is 0 Å². The first-order chi connectivity index (χ1) is 8.31. The van der Waals surface area contributed by atoms with Crippen LogP contribution >= 0.6 is 12.6 Å². The van der Waals surface area contributed by atoms with Crippen molar-refractivity contribution in [3.63, 3.8) is 0 Å². The molecule has 1 rings (SSSR count). The fourth-order valence-corrected chi connectivity index (χ4v) is 0.564. The van der Waals surface area contributed by atoms with Crippen LogP contribution in [0.25, 0.3) is 0 Å². The number of hydrogen-bond acceptors (Lipinski definition) is 2. The molecule has 1 aromatic heterocycles. The number of nitrogens with one attached hydrogen (secondary N) is 1. The Labute approximate surface area is 110 Å². The summed E-state index contributed by atoms with van der Waals surface area (Å²) in [6.45, 7) is 9.46. The van der Waals surface area contributed by atoms with Crippen LogP contribution in [0.1, 0.15) is 20.8 Å². The summed E-state index contributed by atoms with van der Waals surface area (Å²) >= 11 is 4.09. The van der Waals surface area contributed by atoms with Gasteiger partial charge in [-0.15, -0.1) is 12.6 Å². The van der Waals surface area contributed by atoms with Gasteiger partial charge in [0.25, 0.3) is 0 Å². The van der Waals surface area contributed by atoms with Crippen LogP contribution in [0.3, 0.4) is 0 Å². The number of thiol groups is 1. The summed E-state index contributed by atoms with van der Waals surface area (Å²) in [6, 6.07) is 1.83. The Kier molecular flexibility index (Phi) is 29.8. The van der Waals surface area contributed by atoms with E-state index in [-0.39, 0.29) is 0 Å². The molecule has 0 aliphatic carbocycles. The number of allylic oxidation sites excluding steroid dienone is 4. The summed E-state index contributed by atoms with van der Waals surface area (Å²) in [7, 11) is 0.500. The van der Waals surface area contributed by atoms with Gasteiger partial charge in [0.1, 0.15) is 0 Å². The predicted octanol–water partition coefficient (Wildman–Crippen LogP) is 4.58. The summed E-state index contributed by atoms with van der Waals surface area (Å²) in [5.74, 6) is 0. The number of aromatic nitrogens is 2. The Morgan fingerprint density at radius 3 is 2.24 bits per heavy atom. The lowest BCUT2D eigenvalue weighted by molar-refractivity contribution is 0.636. The molecule has 17 heavy (non-hydrogen) atoms. The van der Waals surface area contributed by atoms with Crippen molar-refractivity contribution in [1.29, 1.82) is 0 Å². The first-order valence-electron chi connectivity index (χ1n) is 5.27. The molecule has 98 valence electrons. The molecule has 0 bridgehead atoms. The van der Waals surface area contributed by atoms with Crippen molar-refractivity contribution in [3.8, 4) is 0 Å². The van der Waals surface area contributed by atoms with Gasteiger partial charge < -0.3 is 0 Å². The Bertz CT molecular complexity index is 250. The first-order valence-corrected chi connectivity index (χ1v) is 5.72. The minimum Gasteiger partial charge on any atom is -0.286 e. The van der Waals surface area contributed by atoms with E-state index in [4.69, 9.17) is 0 Å². The monoisotopic (exact) mass is 258 g/mol. The van der Waals surface area contributed by atoms with E-state index in [1.807, 2.05) is 45.1 Å². The van der Waals surface area contributed by atoms with Crippen molar-refractivity contribution in [1.82, 2.24) is 10.2 Å². The number of hydrogen-bond donors (Lipinski definition) is 2. The molecule has 1 heterocycles. The maximum Gasteiger partial charge on any atom is 0.0785 e. The van der Waals surface area contributed by atoms with Gasteiger partial charge in [-0.2, -0.15) is 5.10 Å². The van der Waals surface area contributed by atoms with Gasteiger partial charge in [-0.3, -0.25) is 9.49 Å². The Morgan fingerprint density at radius 1 is 1.41 bits per heavy atom. The Morgan fingerprint density at radius 2 is 2.00 bits per heavy atom. The number of nitrogens with zero attached hydrogens (tertiary/aromatic N) is 1. The maximum atomic E-state index is 9.50. The second kappa shape index (κ2) is 24.1. The summed E-state index contributed by atoms with van der Waals surface area (Å²) in [5, 5.41) is 6.21. The van der Waals surface area contributed by atoms with Crippen molar-refractivity contribution >= 4 is 12.6 Å². The lowest BCUT2D eigenvalue weighted by Crippen LogP contribution is -1.56. The van der Waals surface area contributed by atoms with E-state index in [9.17, 15) is 4.39 Å². The number of aromatic amines is 1. The molecule has 0 saturated carbocycles. The molecule has 1 N–H and O–H groups in total. The summed E-state index contributed by atoms with van der Waals surface area (Å²) in [5.41, 5.74) is 0. The average Bonchev–Trinajstić information content (AvgIpc) is 3.00. The largest absolute Gasteiger partial charge is 0.286 e. The van der Waals surface area contributed by atoms with E-state index >= 15 is 0 Å². The van der Waals surface area contributed by atoms with Gasteiger partial charge in [-0.25, -0.2) is 0 Å². The van der Waals surface area contributed by atoms with Gasteiger partial charge >= 0.3 is 0 Å². The fourth-order valence-electron chi connectivity index (χ4n) is 0.478. The molecule has 0 amide bonds. The third-order valence-corrected chi connectivity index (χ3v) is 1.51. The van der Waals surface area contributed by atoms with Crippen LogP contribution in [0.15, 0.2) is 54.2 Å². The first kappa shape index (κ1) is 21.0. The number of rotatable bonds is 2. The van der Waals surface area contributed by atoms with Crippen molar-refractivity contribution in [2.24, 2.45) is 0 Å². The van der Waals surface area contributed by atoms with E-state index < -0.39 is 0 Å². The highest BCUT2D eigenvalue weighted by molar-refractivity contribution is 7.84. The van der Waals surface area contributed by atoms with E-state index in [2.05, 4.69) is 29.4 Å². The van der Waals surface area contributed by atoms with E-state index in [0.29, 0.717) is 7.18 Å². The quantitative estimate of drug-likeness (QED) is 0.590. The normalized spacial score (nSPS) is 8.94. The summed E-state index contributed by atoms with van der Waals surface area (Å²) in [6.07, 6.45) is 10.8. The van der Waals surface area contributed by atoms with Crippen molar-refractivity contribution in [2.75, 3.05) is 7.18 Å². The molecular weight excluding hydrogens is 235 g/mol. The molecule has 0 unspecified atom stereocenters. The van der Waals surface area contributed by atoms with Crippen LogP contribution in [0, 0.1) is 0 Å². The Hall–Kier alpha value is -1.29. The van der Waals surface area contributed by atoms with Crippen molar-refractivity contribution < 1.29 is 4.39 Å². The van der Waals surface area contributed by atoms with Gasteiger partial charge in [0.15, 0.2) is 0 Å². The number of alkyl halides is 1. The minimum atomic E-state index is 0.500. The topological polar surface area (TPSA) is 28.7 Å². The lowest BCUT2D eigenvalue weighted by Gasteiger charge is -1.81. The molecule has 0 radical (unpaired) electrons. The third kappa shape index (κ3) is 25.2. The molecule has 0 spiro atoms. The zero-order valence-electron chi connectivity index (χ0n) is 11.0. The van der Waals surface area contributed by atoms with Crippen LogP contribution in [-0.2, 0) is 0 Å². The lowest BCUT2D eigenvalue weighted by atomic mass is 10.4. The molecule has 0 aliphatic heterocycles. The summed E-state index contributed by atoms with van der Waals surface area (Å²) in [4.78, 5) is 0.963. The molecule has 0 atom stereocenters. The van der Waals surface area contributed by atoms with Gasteiger partial charge in [0.05, 0.1) is 7.18 Å². The number of halogens is 1. The highest BCUT2D eigenvalue weighted by Crippen LogP contribution is 1.99. The third-order valence-electron chi connectivity index (χ3n) is 1.10. The molecule has 0 saturated heterocycles. The highest BCUT2D eigenvalue weighted by Gasteiger charge is 1.72. The maximum absolute atomic E-state index is 9.50. The van der Waals surface area contributed by atoms with Crippen LogP contribution in [0.2, 0.25) is 0 Å². The van der Waals surface area contributed by atoms with Crippen molar-refractivity contribution in [3.05, 3.63) is 54.2 Å². The average molecular weight is 258 g/mol. The number of H-pyrrole nitrogens is 1. The molecule has 0 aromatic carbocycles. The SMILES string of the molecule is C=C/C=C\C(S)=C/C.CC.CF.c1cn[nH]c1. The smallest absolute Gasteiger partial charge is 0.0785 e. The highest BCUT2D eigenvalue weighted by atomic mass is 32.1. The molecular formula is C13H23FN2S. The van der Waals surface area contributed by atoms with E-state index in [1.165, 1.54) is 0 Å². The van der Waals surface area contributed by atoms with Crippen LogP contribution in [0.5, 0.6) is 0 Å². The minimum absolute atomic E-state index is 0.500. The zero-order valence-corrected chi connectivity index (χ0v) is 11.9. The van der Waals surface area contributed by atoms with Gasteiger partial charge in [0.2, 0.25) is 0 Å². The standard InChI is InChI=1S/C7H10S.C3H4N2.C2H6.CH3F/c1-3-5-6-7(8)4-2;1-2-4-5-3-1;2*1-2/h3-6,8H,1H2,2H3;1-3H,(H,4,5);1-2H3;1H3/b6-5-,7-4+;;;. The second-order valence-corrected chi connectivity index (χ2v) is 2.59. The van der Waals surface area contributed by atoms with E-state index in [1.54, 1.807) is 18.5 Å². The molecule has 4 heteroatoms. The second-order valence-electron chi connectivity index (χ2n) is 2.07. The van der Waals surface area contributed by atoms with E-state index in [0.717, 1.165) is 4.91 Å². The molecule has 0 fully saturated rings. The van der Waals surface area contributed by atoms with Crippen LogP contribution in [0.4, 0.5) is 4.39 Å². The van der Waals surface area contributed by atoms with Gasteiger partial charge in [0, 0.05) is 12.4 Å². The van der Waals surface area contributed by atoms with Crippen molar-refractivity contribution in [2.45, 2.75) is 20.8 Å². The zero-order chi connectivity index (χ0) is 13.9.